The van der Waals surface area contributed by atoms with E-state index in [1.807, 2.05) is 0 Å². The van der Waals surface area contributed by atoms with E-state index in [1.54, 1.807) is 6.08 Å². The highest BCUT2D eigenvalue weighted by Crippen LogP contribution is 2.08. The van der Waals surface area contributed by atoms with Crippen LogP contribution in [0.3, 0.4) is 0 Å². The Bertz CT molecular complexity index is 296. The number of ether oxygens (including phenoxy) is 1. The summed E-state index contributed by atoms with van der Waals surface area (Å²) >= 11 is 0. The standard InChI is InChI=1S/C11H18N2O4/c12-8(11(15)16)4-1-2-6-13-10(14)9-5-3-7-17-9/h3,7-9H,1-2,4-6,12H2,(H,13,14)(H,15,16). The van der Waals surface area contributed by atoms with Crippen LogP contribution in [0.2, 0.25) is 0 Å². The number of hydrogen-bond acceptors (Lipinski definition) is 4. The van der Waals surface area contributed by atoms with E-state index in [0.29, 0.717) is 32.2 Å². The van der Waals surface area contributed by atoms with Crippen LogP contribution >= 0.6 is 0 Å². The van der Waals surface area contributed by atoms with Gasteiger partial charge in [-0.3, -0.25) is 9.59 Å². The molecule has 0 aromatic heterocycles. The second-order valence-corrected chi connectivity index (χ2v) is 3.96. The van der Waals surface area contributed by atoms with Crippen LogP contribution in [0.25, 0.3) is 0 Å². The van der Waals surface area contributed by atoms with Gasteiger partial charge in [0.05, 0.1) is 6.26 Å². The SMILES string of the molecule is NC(CCCCNC(=O)C1CC=CO1)C(=O)O. The average Bonchev–Trinajstić information content (AvgIpc) is 2.81. The van der Waals surface area contributed by atoms with Crippen LogP contribution in [0.4, 0.5) is 0 Å². The molecule has 2 atom stereocenters. The number of unbranched alkanes of at least 4 members (excludes halogenated alkanes) is 1. The van der Waals surface area contributed by atoms with E-state index in [4.69, 9.17) is 15.6 Å². The molecule has 4 N–H and O–H groups in total. The van der Waals surface area contributed by atoms with E-state index in [-0.39, 0.29) is 5.91 Å². The quantitative estimate of drug-likeness (QED) is 0.545. The summed E-state index contributed by atoms with van der Waals surface area (Å²) in [6.45, 7) is 0.519. The smallest absolute Gasteiger partial charge is 0.320 e. The normalized spacial score (nSPS) is 19.7. The van der Waals surface area contributed by atoms with Crippen LogP contribution in [-0.4, -0.2) is 35.7 Å². The van der Waals surface area contributed by atoms with Gasteiger partial charge in [0, 0.05) is 13.0 Å². The molecule has 1 aliphatic heterocycles. The van der Waals surface area contributed by atoms with Crippen LogP contribution in [0.15, 0.2) is 12.3 Å². The van der Waals surface area contributed by atoms with Crippen LogP contribution in [0.5, 0.6) is 0 Å². The lowest BCUT2D eigenvalue weighted by molar-refractivity contribution is -0.138. The lowest BCUT2D eigenvalue weighted by Gasteiger charge is -2.11. The molecule has 0 fully saturated rings. The van der Waals surface area contributed by atoms with Gasteiger partial charge in [0.1, 0.15) is 6.04 Å². The molecule has 0 aromatic rings. The fourth-order valence-electron chi connectivity index (χ4n) is 1.49. The Morgan fingerprint density at radius 3 is 2.88 bits per heavy atom. The van der Waals surface area contributed by atoms with Gasteiger partial charge >= 0.3 is 5.97 Å². The van der Waals surface area contributed by atoms with Gasteiger partial charge in [-0.15, -0.1) is 0 Å². The third-order valence-electron chi connectivity index (χ3n) is 2.54. The van der Waals surface area contributed by atoms with Gasteiger partial charge < -0.3 is 20.9 Å². The molecular weight excluding hydrogens is 224 g/mol. The highest BCUT2D eigenvalue weighted by atomic mass is 16.5. The minimum Gasteiger partial charge on any atom is -0.488 e. The van der Waals surface area contributed by atoms with Crippen molar-refractivity contribution in [1.29, 1.82) is 0 Å². The summed E-state index contributed by atoms with van der Waals surface area (Å²) in [6, 6.07) is -0.812. The van der Waals surface area contributed by atoms with Crippen LogP contribution < -0.4 is 11.1 Å². The number of nitrogens with one attached hydrogen (secondary N) is 1. The number of aliphatic carboxylic acids is 1. The molecule has 0 saturated heterocycles. The summed E-state index contributed by atoms with van der Waals surface area (Å²) in [5.74, 6) is -1.11. The van der Waals surface area contributed by atoms with E-state index < -0.39 is 18.1 Å². The molecule has 0 radical (unpaired) electrons. The van der Waals surface area contributed by atoms with Crippen molar-refractivity contribution in [3.8, 4) is 0 Å². The largest absolute Gasteiger partial charge is 0.488 e. The first-order chi connectivity index (χ1) is 8.11. The van der Waals surface area contributed by atoms with Crippen molar-refractivity contribution in [2.24, 2.45) is 5.73 Å². The van der Waals surface area contributed by atoms with Gasteiger partial charge in [0.25, 0.3) is 5.91 Å². The van der Waals surface area contributed by atoms with Gasteiger partial charge in [0.15, 0.2) is 6.10 Å². The lowest BCUT2D eigenvalue weighted by atomic mass is 10.1. The first kappa shape index (κ1) is 13.5. The molecule has 1 heterocycles. The van der Waals surface area contributed by atoms with E-state index in [9.17, 15) is 9.59 Å². The Labute approximate surface area is 99.8 Å². The van der Waals surface area contributed by atoms with Crippen molar-refractivity contribution >= 4 is 11.9 Å². The predicted molar refractivity (Wildman–Crippen MR) is 61.1 cm³/mol. The predicted octanol–water partition coefficient (Wildman–Crippen LogP) is -0.0126. The summed E-state index contributed by atoms with van der Waals surface area (Å²) in [7, 11) is 0. The van der Waals surface area contributed by atoms with Crippen molar-refractivity contribution in [3.63, 3.8) is 0 Å². The van der Waals surface area contributed by atoms with Gasteiger partial charge in [-0.05, 0) is 25.3 Å². The number of carbonyl (C=O) groups excluding carboxylic acids is 1. The summed E-state index contributed by atoms with van der Waals surface area (Å²) in [5.41, 5.74) is 5.34. The molecule has 1 amide bonds. The molecular formula is C11H18N2O4. The second-order valence-electron chi connectivity index (χ2n) is 3.96. The fourth-order valence-corrected chi connectivity index (χ4v) is 1.49. The minimum atomic E-state index is -0.987. The number of carboxylic acids is 1. The number of amides is 1. The molecule has 0 saturated carbocycles. The zero-order valence-electron chi connectivity index (χ0n) is 9.59. The maximum absolute atomic E-state index is 11.5. The molecule has 1 aliphatic rings. The number of nitrogens with two attached hydrogens (primary N) is 1. The van der Waals surface area contributed by atoms with E-state index >= 15 is 0 Å². The number of carboxylic acid groups (broad SMARTS) is 1. The highest BCUT2D eigenvalue weighted by molar-refractivity contribution is 5.81. The molecule has 0 spiro atoms. The molecule has 0 aromatic carbocycles. The summed E-state index contributed by atoms with van der Waals surface area (Å²) < 4.78 is 5.05. The monoisotopic (exact) mass is 242 g/mol. The molecule has 1 rings (SSSR count). The van der Waals surface area contributed by atoms with Gasteiger partial charge in [0.2, 0.25) is 0 Å². The number of hydrogen-bond donors (Lipinski definition) is 3. The Kier molecular flexibility index (Phi) is 5.48. The van der Waals surface area contributed by atoms with Gasteiger partial charge in [-0.25, -0.2) is 0 Å². The van der Waals surface area contributed by atoms with Crippen molar-refractivity contribution < 1.29 is 19.4 Å². The summed E-state index contributed by atoms with van der Waals surface area (Å²) in [4.78, 5) is 21.9. The average molecular weight is 242 g/mol. The van der Waals surface area contributed by atoms with E-state index in [2.05, 4.69) is 5.32 Å². The highest BCUT2D eigenvalue weighted by Gasteiger charge is 2.20. The van der Waals surface area contributed by atoms with Crippen molar-refractivity contribution in [1.82, 2.24) is 5.32 Å². The van der Waals surface area contributed by atoms with Crippen LogP contribution in [0.1, 0.15) is 25.7 Å². The third-order valence-corrected chi connectivity index (χ3v) is 2.54. The van der Waals surface area contributed by atoms with Crippen molar-refractivity contribution in [3.05, 3.63) is 12.3 Å². The Balaban J connectivity index is 2.00. The van der Waals surface area contributed by atoms with Crippen LogP contribution in [-0.2, 0) is 14.3 Å². The summed E-state index contributed by atoms with van der Waals surface area (Å²) in [5, 5.41) is 11.3. The molecule has 2 unspecified atom stereocenters. The third kappa shape index (κ3) is 4.86. The van der Waals surface area contributed by atoms with E-state index in [1.165, 1.54) is 6.26 Å². The molecule has 0 aliphatic carbocycles. The summed E-state index contributed by atoms with van der Waals surface area (Å²) in [6.07, 6.45) is 5.34. The first-order valence-electron chi connectivity index (χ1n) is 5.68. The van der Waals surface area contributed by atoms with Crippen molar-refractivity contribution in [2.75, 3.05) is 6.54 Å². The second kappa shape index (κ2) is 6.90. The molecule has 0 bridgehead atoms. The number of rotatable bonds is 7. The molecule has 6 nitrogen and oxygen atoms in total. The maximum Gasteiger partial charge on any atom is 0.320 e. The van der Waals surface area contributed by atoms with Crippen molar-refractivity contribution in [2.45, 2.75) is 37.8 Å². The number of carbonyl (C=O) groups is 2. The lowest BCUT2D eigenvalue weighted by Crippen LogP contribution is -2.35. The maximum atomic E-state index is 11.5. The van der Waals surface area contributed by atoms with Gasteiger partial charge in [-0.1, -0.05) is 0 Å². The van der Waals surface area contributed by atoms with E-state index in [0.717, 1.165) is 0 Å². The van der Waals surface area contributed by atoms with Gasteiger partial charge in [-0.2, -0.15) is 0 Å². The fraction of sp³-hybridized carbons (Fsp3) is 0.636. The molecule has 6 heteroatoms. The zero-order valence-corrected chi connectivity index (χ0v) is 9.59. The molecule has 17 heavy (non-hydrogen) atoms. The Morgan fingerprint density at radius 2 is 2.29 bits per heavy atom. The Hall–Kier alpha value is -1.56. The van der Waals surface area contributed by atoms with Crippen LogP contribution in [0, 0.1) is 0 Å². The topological polar surface area (TPSA) is 102 Å². The zero-order chi connectivity index (χ0) is 12.7. The first-order valence-corrected chi connectivity index (χ1v) is 5.68. The molecule has 96 valence electrons. The Morgan fingerprint density at radius 1 is 1.53 bits per heavy atom. The minimum absolute atomic E-state index is 0.127.